The molecule has 0 rings (SSSR count). The summed E-state index contributed by atoms with van der Waals surface area (Å²) in [6.07, 6.45) is -5.25. The molecule has 0 fully saturated rings. The first-order valence-corrected chi connectivity index (χ1v) is 3.87. The van der Waals surface area contributed by atoms with E-state index in [-0.39, 0.29) is 65.3 Å². The number of rotatable bonds is 4. The molecule has 0 aromatic rings. The first-order chi connectivity index (χ1) is 6.73. The molecule has 0 aromatic heterocycles. The molecule has 0 aliphatic carbocycles. The summed E-state index contributed by atoms with van der Waals surface area (Å²) in [7, 11) is 1.70. The van der Waals surface area contributed by atoms with Crippen molar-refractivity contribution in [2.24, 2.45) is 0 Å². The summed E-state index contributed by atoms with van der Waals surface area (Å²) in [4.78, 5) is 19.3. The quantitative estimate of drug-likeness (QED) is 0.290. The van der Waals surface area contributed by atoms with Crippen LogP contribution in [0.2, 0.25) is 0 Å². The van der Waals surface area contributed by atoms with Crippen molar-refractivity contribution in [1.29, 1.82) is 0 Å². The molecule has 0 radical (unpaired) electrons. The Morgan fingerprint density at radius 3 is 1.24 bits per heavy atom. The fourth-order valence-corrected chi connectivity index (χ4v) is 0.258. The second-order valence-electron chi connectivity index (χ2n) is 2.49. The molecule has 0 amide bonds. The number of aliphatic carboxylic acids is 2. The van der Waals surface area contributed by atoms with E-state index in [1.165, 1.54) is 0 Å². The Hall–Kier alpha value is 0.780. The molecule has 8 nitrogen and oxygen atoms in total. The summed E-state index contributed by atoms with van der Waals surface area (Å²) in [6, 6.07) is 0. The molecule has 0 spiro atoms. The third kappa shape index (κ3) is 16.8. The number of carboxylic acids is 2. The Morgan fingerprint density at radius 1 is 1.00 bits per heavy atom. The fourth-order valence-electron chi connectivity index (χ4n) is 0.258. The maximum Gasteiger partial charge on any atom is 1.00 e. The average molecular weight is 269 g/mol. The summed E-state index contributed by atoms with van der Waals surface area (Å²) in [5.74, 6) is -4.12. The monoisotopic (exact) mass is 269 g/mol. The summed E-state index contributed by atoms with van der Waals surface area (Å²) in [5.41, 5.74) is 0. The van der Waals surface area contributed by atoms with E-state index >= 15 is 0 Å². The smallest absolute Gasteiger partial charge is 0.547 e. The largest absolute Gasteiger partial charge is 1.00 e. The van der Waals surface area contributed by atoms with Crippen LogP contribution >= 0.6 is 0 Å². The van der Waals surface area contributed by atoms with E-state index in [0.717, 1.165) is 0 Å². The zero-order chi connectivity index (χ0) is 12.6. The van der Waals surface area contributed by atoms with Crippen LogP contribution in [0, 0.1) is 0 Å². The van der Waals surface area contributed by atoms with Gasteiger partial charge in [0.2, 0.25) is 0 Å². The molecular formula is C7H13NNa2O7. The number of carbonyl (C=O) groups excluding carboxylic acids is 2. The molecule has 0 heterocycles. The van der Waals surface area contributed by atoms with Crippen LogP contribution < -0.4 is 74.6 Å². The third-order valence-corrected chi connectivity index (χ3v) is 1.20. The van der Waals surface area contributed by atoms with Crippen molar-refractivity contribution in [2.45, 2.75) is 25.4 Å². The minimum absolute atomic E-state index is 0. The Labute approximate surface area is 143 Å². The summed E-state index contributed by atoms with van der Waals surface area (Å²) >= 11 is 0. The molecule has 3 unspecified atom stereocenters. The predicted molar refractivity (Wildman–Crippen MR) is 42.8 cm³/mol. The van der Waals surface area contributed by atoms with Crippen LogP contribution in [0.4, 0.5) is 0 Å². The maximum absolute atomic E-state index is 9.63. The molecule has 0 aliphatic heterocycles. The van der Waals surface area contributed by atoms with Crippen LogP contribution in [0.1, 0.15) is 6.92 Å². The van der Waals surface area contributed by atoms with Gasteiger partial charge in [0.25, 0.3) is 0 Å². The summed E-state index contributed by atoms with van der Waals surface area (Å²) in [6.45, 7) is 1.67. The number of carboxylic acid groups (broad SMARTS) is 2. The van der Waals surface area contributed by atoms with Crippen molar-refractivity contribution in [3.8, 4) is 0 Å². The van der Waals surface area contributed by atoms with Gasteiger partial charge in [0.15, 0.2) is 0 Å². The standard InChI is InChI=1S/C4H6O6.C3H9NO.2Na/c5-1(3(7)8)2(6)4(9)10;1-3(5)4-2;;/h1-2,5-6H,(H,7,8)(H,9,10);3-5H,1-2H3;;/q;;2*+1/p-2. The molecule has 0 saturated heterocycles. The first kappa shape index (κ1) is 26.4. The first-order valence-electron chi connectivity index (χ1n) is 3.87. The number of hydrogen-bond donors (Lipinski definition) is 4. The molecular weight excluding hydrogens is 256 g/mol. The van der Waals surface area contributed by atoms with E-state index in [0.29, 0.717) is 0 Å². The van der Waals surface area contributed by atoms with Gasteiger partial charge in [-0.3, -0.25) is 5.32 Å². The summed E-state index contributed by atoms with van der Waals surface area (Å²) in [5, 5.41) is 46.6. The van der Waals surface area contributed by atoms with Crippen LogP contribution in [0.3, 0.4) is 0 Å². The number of nitrogens with one attached hydrogen (secondary N) is 1. The van der Waals surface area contributed by atoms with Crippen molar-refractivity contribution >= 4 is 11.9 Å². The van der Waals surface area contributed by atoms with Crippen LogP contribution in [-0.4, -0.2) is 52.7 Å². The van der Waals surface area contributed by atoms with Gasteiger partial charge in [-0.1, -0.05) is 0 Å². The van der Waals surface area contributed by atoms with Crippen LogP contribution in [0.5, 0.6) is 0 Å². The van der Waals surface area contributed by atoms with E-state index in [1.807, 2.05) is 0 Å². The molecule has 10 heteroatoms. The Bertz CT molecular complexity index is 196. The summed E-state index contributed by atoms with van der Waals surface area (Å²) < 4.78 is 0. The van der Waals surface area contributed by atoms with Crippen LogP contribution in [0.15, 0.2) is 0 Å². The molecule has 0 saturated carbocycles. The fraction of sp³-hybridized carbons (Fsp3) is 0.714. The number of carbonyl (C=O) groups is 2. The van der Waals surface area contributed by atoms with Gasteiger partial charge >= 0.3 is 59.1 Å². The van der Waals surface area contributed by atoms with Crippen molar-refractivity contribution < 1.29 is 94.2 Å². The Balaban J connectivity index is -0.000000105. The SMILES string of the molecule is CNC(C)O.O=C([O-])C(O)C(O)C(=O)[O-].[Na+].[Na+]. The number of hydrogen-bond acceptors (Lipinski definition) is 8. The van der Waals surface area contributed by atoms with Crippen LogP contribution in [0.25, 0.3) is 0 Å². The van der Waals surface area contributed by atoms with Crippen molar-refractivity contribution in [1.82, 2.24) is 5.32 Å². The van der Waals surface area contributed by atoms with Gasteiger partial charge in [0, 0.05) is 0 Å². The molecule has 4 N–H and O–H groups in total. The van der Waals surface area contributed by atoms with Crippen molar-refractivity contribution in [2.75, 3.05) is 7.05 Å². The third-order valence-electron chi connectivity index (χ3n) is 1.20. The second-order valence-corrected chi connectivity index (χ2v) is 2.49. The molecule has 17 heavy (non-hydrogen) atoms. The second kappa shape index (κ2) is 14.8. The Kier molecular flexibility index (Phi) is 23.0. The van der Waals surface area contributed by atoms with E-state index in [2.05, 4.69) is 5.32 Å². The molecule has 3 atom stereocenters. The van der Waals surface area contributed by atoms with E-state index in [1.54, 1.807) is 14.0 Å². The van der Waals surface area contributed by atoms with Crippen molar-refractivity contribution in [3.05, 3.63) is 0 Å². The van der Waals surface area contributed by atoms with Crippen LogP contribution in [-0.2, 0) is 9.59 Å². The Morgan fingerprint density at radius 2 is 1.18 bits per heavy atom. The van der Waals surface area contributed by atoms with Gasteiger partial charge in [-0.15, -0.1) is 0 Å². The normalized spacial score (nSPS) is 13.7. The van der Waals surface area contributed by atoms with Gasteiger partial charge in [-0.25, -0.2) is 0 Å². The van der Waals surface area contributed by atoms with Gasteiger partial charge in [0.1, 0.15) is 18.4 Å². The zero-order valence-electron chi connectivity index (χ0n) is 10.2. The molecule has 90 valence electrons. The topological polar surface area (TPSA) is 153 Å². The van der Waals surface area contributed by atoms with Crippen molar-refractivity contribution in [3.63, 3.8) is 0 Å². The van der Waals surface area contributed by atoms with Gasteiger partial charge in [0.05, 0.1) is 11.9 Å². The van der Waals surface area contributed by atoms with E-state index < -0.39 is 24.1 Å². The van der Waals surface area contributed by atoms with Gasteiger partial charge < -0.3 is 35.1 Å². The predicted octanol–water partition coefficient (Wildman–Crippen LogP) is -11.2. The molecule has 0 aromatic carbocycles. The average Bonchev–Trinajstić information content (AvgIpc) is 2.16. The minimum atomic E-state index is -2.44. The zero-order valence-corrected chi connectivity index (χ0v) is 14.2. The molecule has 0 bridgehead atoms. The number of aliphatic hydroxyl groups is 3. The number of aliphatic hydroxyl groups excluding tert-OH is 3. The van der Waals surface area contributed by atoms with E-state index in [4.69, 9.17) is 15.3 Å². The molecule has 0 aliphatic rings. The maximum atomic E-state index is 9.63. The van der Waals surface area contributed by atoms with E-state index in [9.17, 15) is 19.8 Å². The minimum Gasteiger partial charge on any atom is -0.547 e. The van der Waals surface area contributed by atoms with Gasteiger partial charge in [-0.05, 0) is 14.0 Å². The van der Waals surface area contributed by atoms with Gasteiger partial charge in [-0.2, -0.15) is 0 Å².